The summed E-state index contributed by atoms with van der Waals surface area (Å²) >= 11 is 0. The Labute approximate surface area is 200 Å². The zero-order chi connectivity index (χ0) is 23.9. The van der Waals surface area contributed by atoms with Gasteiger partial charge in [-0.25, -0.2) is 0 Å². The van der Waals surface area contributed by atoms with Crippen LogP contribution in [-0.4, -0.2) is 92.2 Å². The Morgan fingerprint density at radius 2 is 1.79 bits per heavy atom. The van der Waals surface area contributed by atoms with Crippen molar-refractivity contribution in [2.45, 2.75) is 44.3 Å². The molecule has 1 atom stereocenters. The number of carbonyl (C=O) groups is 3. The SMILES string of the molecule is NCCOCCOCCN1CCC(Nc2ccc3c(c2)CN(C2CCC(=O)NC2=O)C3=O)CC1. The van der Waals surface area contributed by atoms with E-state index in [-0.39, 0.29) is 24.1 Å². The molecule has 4 N–H and O–H groups in total. The second kappa shape index (κ2) is 11.7. The smallest absolute Gasteiger partial charge is 0.255 e. The highest BCUT2D eigenvalue weighted by Gasteiger charge is 2.39. The molecule has 0 aromatic heterocycles. The molecule has 3 heterocycles. The van der Waals surface area contributed by atoms with Crippen molar-refractivity contribution >= 4 is 23.4 Å². The van der Waals surface area contributed by atoms with Crippen molar-refractivity contribution in [2.75, 3.05) is 57.9 Å². The molecule has 3 aliphatic heterocycles. The predicted octanol–water partition coefficient (Wildman–Crippen LogP) is 0.316. The van der Waals surface area contributed by atoms with Gasteiger partial charge in [-0.3, -0.25) is 19.7 Å². The van der Waals surface area contributed by atoms with E-state index < -0.39 is 6.04 Å². The topological polar surface area (TPSA) is 126 Å². The molecule has 0 bridgehead atoms. The monoisotopic (exact) mass is 473 g/mol. The maximum atomic E-state index is 12.8. The quantitative estimate of drug-likeness (QED) is 0.310. The molecule has 10 nitrogen and oxygen atoms in total. The minimum Gasteiger partial charge on any atom is -0.382 e. The number of anilines is 1. The summed E-state index contributed by atoms with van der Waals surface area (Å²) in [5.41, 5.74) is 7.94. The molecule has 1 aromatic carbocycles. The Morgan fingerprint density at radius 1 is 1.03 bits per heavy atom. The van der Waals surface area contributed by atoms with Crippen LogP contribution in [0.3, 0.4) is 0 Å². The molecule has 3 aliphatic rings. The number of nitrogens with one attached hydrogen (secondary N) is 2. The van der Waals surface area contributed by atoms with E-state index in [1.807, 2.05) is 18.2 Å². The fourth-order valence-electron chi connectivity index (χ4n) is 4.80. The highest BCUT2D eigenvalue weighted by atomic mass is 16.5. The normalized spacial score (nSPS) is 21.6. The first kappa shape index (κ1) is 24.6. The van der Waals surface area contributed by atoms with Crippen LogP contribution in [0.4, 0.5) is 5.69 Å². The van der Waals surface area contributed by atoms with Gasteiger partial charge < -0.3 is 30.3 Å². The fraction of sp³-hybridized carbons (Fsp3) is 0.625. The van der Waals surface area contributed by atoms with Gasteiger partial charge in [-0.15, -0.1) is 0 Å². The van der Waals surface area contributed by atoms with Crippen LogP contribution >= 0.6 is 0 Å². The van der Waals surface area contributed by atoms with Crippen molar-refractivity contribution in [3.8, 4) is 0 Å². The molecular formula is C24H35N5O5. The lowest BCUT2D eigenvalue weighted by atomic mass is 10.0. The number of ether oxygens (including phenoxy) is 2. The molecule has 186 valence electrons. The zero-order valence-corrected chi connectivity index (χ0v) is 19.6. The maximum Gasteiger partial charge on any atom is 0.255 e. The molecule has 0 saturated carbocycles. The average molecular weight is 474 g/mol. The number of rotatable bonds is 11. The summed E-state index contributed by atoms with van der Waals surface area (Å²) in [6.07, 6.45) is 2.72. The summed E-state index contributed by atoms with van der Waals surface area (Å²) in [6.45, 7) is 6.32. The Bertz CT molecular complexity index is 887. The number of fused-ring (bicyclic) bond motifs is 1. The summed E-state index contributed by atoms with van der Waals surface area (Å²) in [6, 6.07) is 5.60. The van der Waals surface area contributed by atoms with Gasteiger partial charge >= 0.3 is 0 Å². The minimum absolute atomic E-state index is 0.141. The first-order valence-corrected chi connectivity index (χ1v) is 12.2. The van der Waals surface area contributed by atoms with Crippen LogP contribution in [0.25, 0.3) is 0 Å². The standard InChI is InChI=1S/C24H35N5O5/c25-7-11-33-13-14-34-12-10-28-8-5-18(6-9-28)26-19-1-2-20-17(15-19)16-29(24(20)32)21-3-4-22(30)27-23(21)31/h1-2,15,18,21,26H,3-14,16,25H2,(H,27,30,31). The Morgan fingerprint density at radius 3 is 2.53 bits per heavy atom. The zero-order valence-electron chi connectivity index (χ0n) is 19.6. The van der Waals surface area contributed by atoms with Gasteiger partial charge in [-0.05, 0) is 43.0 Å². The molecule has 2 fully saturated rings. The van der Waals surface area contributed by atoms with Crippen LogP contribution in [0.1, 0.15) is 41.6 Å². The number of likely N-dealkylation sites (tertiary alicyclic amines) is 1. The van der Waals surface area contributed by atoms with Gasteiger partial charge in [0.25, 0.3) is 5.91 Å². The van der Waals surface area contributed by atoms with Crippen LogP contribution in [0.2, 0.25) is 0 Å². The third-order valence-electron chi connectivity index (χ3n) is 6.67. The summed E-state index contributed by atoms with van der Waals surface area (Å²) in [5.74, 6) is -0.797. The van der Waals surface area contributed by atoms with E-state index in [2.05, 4.69) is 15.5 Å². The van der Waals surface area contributed by atoms with Crippen molar-refractivity contribution < 1.29 is 23.9 Å². The second-order valence-electron chi connectivity index (χ2n) is 9.05. The average Bonchev–Trinajstić information content (AvgIpc) is 3.15. The summed E-state index contributed by atoms with van der Waals surface area (Å²) in [4.78, 5) is 40.5. The molecule has 0 radical (unpaired) electrons. The van der Waals surface area contributed by atoms with E-state index in [1.165, 1.54) is 0 Å². The van der Waals surface area contributed by atoms with E-state index in [0.29, 0.717) is 57.5 Å². The second-order valence-corrected chi connectivity index (χ2v) is 9.05. The molecule has 10 heteroatoms. The molecule has 4 rings (SSSR count). The van der Waals surface area contributed by atoms with Crippen LogP contribution in [-0.2, 0) is 25.6 Å². The van der Waals surface area contributed by atoms with E-state index in [1.54, 1.807) is 4.90 Å². The van der Waals surface area contributed by atoms with Crippen LogP contribution in [0, 0.1) is 0 Å². The number of amides is 3. The number of hydrogen-bond acceptors (Lipinski definition) is 8. The number of imide groups is 1. The summed E-state index contributed by atoms with van der Waals surface area (Å²) < 4.78 is 10.9. The molecule has 0 spiro atoms. The van der Waals surface area contributed by atoms with E-state index in [9.17, 15) is 14.4 Å². The molecule has 2 saturated heterocycles. The molecule has 3 amide bonds. The number of carbonyl (C=O) groups excluding carboxylic acids is 3. The number of hydrogen-bond donors (Lipinski definition) is 3. The largest absolute Gasteiger partial charge is 0.382 e. The first-order valence-electron chi connectivity index (χ1n) is 12.2. The van der Waals surface area contributed by atoms with Gasteiger partial charge in [-0.1, -0.05) is 0 Å². The molecule has 0 aliphatic carbocycles. The van der Waals surface area contributed by atoms with Crippen LogP contribution < -0.4 is 16.4 Å². The van der Waals surface area contributed by atoms with Crippen molar-refractivity contribution in [2.24, 2.45) is 5.73 Å². The maximum absolute atomic E-state index is 12.8. The van der Waals surface area contributed by atoms with Gasteiger partial charge in [0.15, 0.2) is 0 Å². The molecule has 1 aromatic rings. The lowest BCUT2D eigenvalue weighted by Crippen LogP contribution is -2.52. The van der Waals surface area contributed by atoms with E-state index in [4.69, 9.17) is 15.2 Å². The van der Waals surface area contributed by atoms with Crippen molar-refractivity contribution in [1.82, 2.24) is 15.1 Å². The van der Waals surface area contributed by atoms with Gasteiger partial charge in [0.2, 0.25) is 11.8 Å². The number of nitrogens with two attached hydrogens (primary N) is 1. The Balaban J connectivity index is 1.21. The van der Waals surface area contributed by atoms with Gasteiger partial charge in [0.05, 0.1) is 26.4 Å². The van der Waals surface area contributed by atoms with Crippen molar-refractivity contribution in [1.29, 1.82) is 0 Å². The third kappa shape index (κ3) is 6.12. The summed E-state index contributed by atoms with van der Waals surface area (Å²) in [5, 5.41) is 5.96. The Hall–Kier alpha value is -2.53. The predicted molar refractivity (Wildman–Crippen MR) is 126 cm³/mol. The third-order valence-corrected chi connectivity index (χ3v) is 6.67. The number of piperidine rings is 2. The van der Waals surface area contributed by atoms with Gasteiger partial charge in [-0.2, -0.15) is 0 Å². The first-order chi connectivity index (χ1) is 16.5. The number of nitrogens with zero attached hydrogens (tertiary/aromatic N) is 2. The molecule has 34 heavy (non-hydrogen) atoms. The molecular weight excluding hydrogens is 438 g/mol. The van der Waals surface area contributed by atoms with E-state index in [0.717, 1.165) is 43.7 Å². The van der Waals surface area contributed by atoms with Crippen molar-refractivity contribution in [3.63, 3.8) is 0 Å². The fourth-order valence-corrected chi connectivity index (χ4v) is 4.80. The van der Waals surface area contributed by atoms with Crippen LogP contribution in [0.5, 0.6) is 0 Å². The van der Waals surface area contributed by atoms with Gasteiger partial charge in [0, 0.05) is 56.4 Å². The lowest BCUT2D eigenvalue weighted by molar-refractivity contribution is -0.136. The highest BCUT2D eigenvalue weighted by Crippen LogP contribution is 2.30. The summed E-state index contributed by atoms with van der Waals surface area (Å²) in [7, 11) is 0. The lowest BCUT2D eigenvalue weighted by Gasteiger charge is -2.32. The highest BCUT2D eigenvalue weighted by molar-refractivity contribution is 6.05. The molecule has 1 unspecified atom stereocenters. The van der Waals surface area contributed by atoms with Crippen LogP contribution in [0.15, 0.2) is 18.2 Å². The number of benzene rings is 1. The van der Waals surface area contributed by atoms with E-state index >= 15 is 0 Å². The minimum atomic E-state index is -0.583. The van der Waals surface area contributed by atoms with Gasteiger partial charge in [0.1, 0.15) is 6.04 Å². The van der Waals surface area contributed by atoms with Crippen molar-refractivity contribution in [3.05, 3.63) is 29.3 Å². The Kier molecular flexibility index (Phi) is 8.49.